The summed E-state index contributed by atoms with van der Waals surface area (Å²) in [6.45, 7) is 0.299. The molecule has 14 heteroatoms. The highest BCUT2D eigenvalue weighted by Crippen LogP contribution is 2.45. The summed E-state index contributed by atoms with van der Waals surface area (Å²) < 4.78 is 56.4. The van der Waals surface area contributed by atoms with Crippen molar-refractivity contribution in [3.63, 3.8) is 0 Å². The fraction of sp³-hybridized carbons (Fsp3) is 0.412. The van der Waals surface area contributed by atoms with Gasteiger partial charge in [-0.1, -0.05) is 62.7 Å². The van der Waals surface area contributed by atoms with Gasteiger partial charge in [-0.2, -0.15) is 19.0 Å². The van der Waals surface area contributed by atoms with Crippen LogP contribution in [-0.4, -0.2) is 53.9 Å². The Hall–Kier alpha value is -4.65. The molecule has 2 aliphatic rings. The van der Waals surface area contributed by atoms with Crippen LogP contribution in [0.2, 0.25) is 5.02 Å². The van der Waals surface area contributed by atoms with Crippen LogP contribution < -0.4 is 5.73 Å². The van der Waals surface area contributed by atoms with Gasteiger partial charge in [0, 0.05) is 34.8 Å². The third-order valence-electron chi connectivity index (χ3n) is 8.38. The van der Waals surface area contributed by atoms with Crippen molar-refractivity contribution in [3.05, 3.63) is 77.3 Å². The average Bonchev–Trinajstić information content (AvgIpc) is 3.42. The largest absolute Gasteiger partial charge is 0.463 e. The molecule has 11 nitrogen and oxygen atoms in total. The molecule has 6 rings (SSSR count). The molecule has 1 aliphatic carbocycles. The topological polar surface area (TPSA) is 134 Å². The first-order valence-corrected chi connectivity index (χ1v) is 15.8. The SMILES string of the molecule is [2H]C([2H])([2H])n1cnc(-c2cc([C@@H](COC(=O)CC3CC3)N3C(=O)[C@@](CC(C)(C)C)(c4ccc(-c5cnn(C(F)F)c5)cc4)N=C3N)ccc2Cl)n1. The first kappa shape index (κ1) is 29.5. The lowest BCUT2D eigenvalue weighted by Gasteiger charge is -2.35. The van der Waals surface area contributed by atoms with Crippen LogP contribution in [0.4, 0.5) is 8.78 Å². The van der Waals surface area contributed by atoms with E-state index in [1.165, 1.54) is 17.3 Å². The minimum Gasteiger partial charge on any atom is -0.463 e. The predicted molar refractivity (Wildman–Crippen MR) is 176 cm³/mol. The number of nitrogens with zero attached hydrogens (tertiary/aromatic N) is 7. The van der Waals surface area contributed by atoms with E-state index in [9.17, 15) is 18.4 Å². The molecule has 2 aromatic heterocycles. The number of carbonyl (C=O) groups is 2. The van der Waals surface area contributed by atoms with Gasteiger partial charge in [-0.25, -0.2) is 14.7 Å². The maximum absolute atomic E-state index is 14.9. The molecule has 1 fully saturated rings. The van der Waals surface area contributed by atoms with Crippen molar-refractivity contribution in [1.82, 2.24) is 29.4 Å². The number of amides is 1. The van der Waals surface area contributed by atoms with Crippen molar-refractivity contribution < 1.29 is 27.2 Å². The number of carbonyl (C=O) groups excluding carboxylic acids is 2. The molecule has 3 heterocycles. The number of aliphatic imine (C=N–C) groups is 1. The van der Waals surface area contributed by atoms with Gasteiger partial charge in [0.25, 0.3) is 5.91 Å². The molecular formula is C34H37ClF2N8O3. The molecule has 2 N–H and O–H groups in total. The Morgan fingerprint density at radius 2 is 1.94 bits per heavy atom. The Morgan fingerprint density at radius 3 is 2.56 bits per heavy atom. The van der Waals surface area contributed by atoms with Gasteiger partial charge >= 0.3 is 12.5 Å². The molecule has 0 spiro atoms. The number of halogens is 3. The summed E-state index contributed by atoms with van der Waals surface area (Å²) in [6.07, 6.45) is 6.04. The predicted octanol–water partition coefficient (Wildman–Crippen LogP) is 6.27. The Bertz CT molecular complexity index is 1970. The van der Waals surface area contributed by atoms with Gasteiger partial charge < -0.3 is 10.5 Å². The summed E-state index contributed by atoms with van der Waals surface area (Å²) in [6, 6.07) is 10.7. The number of benzene rings is 2. The van der Waals surface area contributed by atoms with E-state index in [2.05, 4.69) is 15.2 Å². The van der Waals surface area contributed by atoms with Gasteiger partial charge in [0.05, 0.1) is 17.3 Å². The summed E-state index contributed by atoms with van der Waals surface area (Å²) in [5, 5.41) is 8.04. The van der Waals surface area contributed by atoms with Crippen LogP contribution in [0, 0.1) is 11.3 Å². The third-order valence-corrected chi connectivity index (χ3v) is 8.71. The number of hydrogen-bond acceptors (Lipinski definition) is 8. The molecule has 1 aliphatic heterocycles. The van der Waals surface area contributed by atoms with Gasteiger partial charge in [0.2, 0.25) is 0 Å². The number of rotatable bonds is 11. The van der Waals surface area contributed by atoms with Crippen molar-refractivity contribution >= 4 is 29.4 Å². The van der Waals surface area contributed by atoms with Crippen molar-refractivity contribution in [1.29, 1.82) is 0 Å². The van der Waals surface area contributed by atoms with E-state index in [1.54, 1.807) is 42.5 Å². The van der Waals surface area contributed by atoms with Crippen LogP contribution in [0.25, 0.3) is 22.5 Å². The van der Waals surface area contributed by atoms with Gasteiger partial charge in [0.1, 0.15) is 12.9 Å². The Balaban J connectivity index is 1.39. The minimum atomic E-state index is -2.78. The Labute approximate surface area is 286 Å². The molecule has 1 saturated carbocycles. The van der Waals surface area contributed by atoms with Gasteiger partial charge in [0.15, 0.2) is 17.3 Å². The van der Waals surface area contributed by atoms with Crippen LogP contribution >= 0.6 is 11.6 Å². The van der Waals surface area contributed by atoms with E-state index in [1.807, 2.05) is 20.8 Å². The van der Waals surface area contributed by atoms with Crippen molar-refractivity contribution in [2.24, 2.45) is 29.0 Å². The number of guanidine groups is 1. The van der Waals surface area contributed by atoms with Crippen LogP contribution in [-0.2, 0) is 26.8 Å². The molecule has 4 aromatic rings. The lowest BCUT2D eigenvalue weighted by Crippen LogP contribution is -2.47. The standard InChI is InChI=1S/C34H37ClF2N8O3/c1-33(2,3)18-34(24-10-7-21(8-11-24)23-15-40-44(16-23)31(36)37)30(47)45(32(38)41-34)27(17-48-28(46)13-20-5-6-20)22-9-12-26(35)25(14-22)29-39-19-43(4)42-29/h7-12,14-16,19-20,27,31H,5-6,13,17-18H2,1-4H3,(H2,38,41)/t27-,34-/m1/s1/i4D3. The second-order valence-corrected chi connectivity index (χ2v) is 13.8. The molecular weight excluding hydrogens is 642 g/mol. The minimum absolute atomic E-state index is 0.0399. The van der Waals surface area contributed by atoms with Gasteiger partial charge in [-0.3, -0.25) is 19.2 Å². The Kier molecular flexibility index (Phi) is 7.83. The van der Waals surface area contributed by atoms with Crippen molar-refractivity contribution in [3.8, 4) is 22.5 Å². The summed E-state index contributed by atoms with van der Waals surface area (Å²) in [5.74, 6) is -0.666. The second-order valence-electron chi connectivity index (χ2n) is 13.4. The highest BCUT2D eigenvalue weighted by molar-refractivity contribution is 6.33. The quantitative estimate of drug-likeness (QED) is 0.185. The molecule has 0 unspecified atom stereocenters. The molecule has 1 amide bonds. The molecule has 2 aromatic carbocycles. The zero-order valence-electron chi connectivity index (χ0n) is 29.6. The highest BCUT2D eigenvalue weighted by Gasteiger charge is 2.53. The second kappa shape index (κ2) is 12.8. The van der Waals surface area contributed by atoms with Crippen LogP contribution in [0.5, 0.6) is 0 Å². The molecule has 48 heavy (non-hydrogen) atoms. The number of ether oxygens (including phenoxy) is 1. The Morgan fingerprint density at radius 1 is 1.19 bits per heavy atom. The van der Waals surface area contributed by atoms with Crippen LogP contribution in [0.1, 0.15) is 74.3 Å². The maximum Gasteiger partial charge on any atom is 0.333 e. The van der Waals surface area contributed by atoms with Gasteiger partial charge in [-0.05, 0) is 59.4 Å². The lowest BCUT2D eigenvalue weighted by molar-refractivity contribution is -0.148. The van der Waals surface area contributed by atoms with E-state index in [-0.39, 0.29) is 42.2 Å². The smallest absolute Gasteiger partial charge is 0.333 e. The van der Waals surface area contributed by atoms with Crippen LogP contribution in [0.15, 0.2) is 66.2 Å². The monoisotopic (exact) mass is 681 g/mol. The number of alkyl halides is 2. The first-order valence-electron chi connectivity index (χ1n) is 16.9. The van der Waals surface area contributed by atoms with E-state index in [0.717, 1.165) is 23.9 Å². The highest BCUT2D eigenvalue weighted by atomic mass is 35.5. The number of nitrogens with two attached hydrogens (primary N) is 1. The molecule has 0 bridgehead atoms. The normalized spacial score (nSPS) is 20.0. The average molecular weight is 682 g/mol. The van der Waals surface area contributed by atoms with E-state index in [4.69, 9.17) is 31.2 Å². The number of esters is 1. The summed E-state index contributed by atoms with van der Waals surface area (Å²) in [5.41, 5.74) is 7.08. The number of hydrogen-bond donors (Lipinski definition) is 1. The molecule has 0 radical (unpaired) electrons. The third kappa shape index (κ3) is 6.82. The van der Waals surface area contributed by atoms with Crippen molar-refractivity contribution in [2.45, 2.75) is 64.6 Å². The van der Waals surface area contributed by atoms with E-state index >= 15 is 0 Å². The molecule has 0 saturated heterocycles. The zero-order valence-corrected chi connectivity index (χ0v) is 27.4. The van der Waals surface area contributed by atoms with E-state index in [0.29, 0.717) is 32.5 Å². The fourth-order valence-electron chi connectivity index (χ4n) is 6.02. The summed E-state index contributed by atoms with van der Waals surface area (Å²) >= 11 is 6.55. The first-order chi connectivity index (χ1) is 23.9. The maximum atomic E-state index is 14.9. The van der Waals surface area contributed by atoms with Crippen molar-refractivity contribution in [2.75, 3.05) is 6.61 Å². The lowest BCUT2D eigenvalue weighted by atomic mass is 9.75. The zero-order chi connectivity index (χ0) is 36.9. The van der Waals surface area contributed by atoms with E-state index < -0.39 is 42.4 Å². The molecule has 252 valence electrons. The van der Waals surface area contributed by atoms with Crippen LogP contribution in [0.3, 0.4) is 0 Å². The fourth-order valence-corrected chi connectivity index (χ4v) is 6.23. The number of aryl methyl sites for hydroxylation is 1. The van der Waals surface area contributed by atoms with Gasteiger partial charge in [-0.15, -0.1) is 0 Å². The molecule has 2 atom stereocenters. The summed E-state index contributed by atoms with van der Waals surface area (Å²) in [7, 11) is 0. The summed E-state index contributed by atoms with van der Waals surface area (Å²) in [4.78, 5) is 38.0. The number of aromatic nitrogens is 5.